The predicted molar refractivity (Wildman–Crippen MR) is 145 cm³/mol. The minimum Gasteiger partial charge on any atom is -0.382 e. The number of hydrogen-bond acceptors (Lipinski definition) is 16. The molecule has 10 atom stereocenters. The SMILES string of the molecule is [B]P1(=O)OCC2OC(n3cnc4c(N)ncnc43)C(F)C2OP([B])(=O)OCC2OC(n3cnc4c(N)ncnc43)C(F)C2O1. The maximum absolute atomic E-state index is 15.9. The lowest BCUT2D eigenvalue weighted by Gasteiger charge is -2.29. The molecule has 0 aromatic carbocycles. The van der Waals surface area contributed by atoms with Gasteiger partial charge in [0.1, 0.15) is 48.1 Å². The molecule has 18 nitrogen and oxygen atoms in total. The first kappa shape index (κ1) is 29.6. The van der Waals surface area contributed by atoms with E-state index in [1.54, 1.807) is 0 Å². The zero-order valence-electron chi connectivity index (χ0n) is 22.1. The molecule has 0 saturated carbocycles. The first-order valence-electron chi connectivity index (χ1n) is 12.8. The molecule has 228 valence electrons. The minimum atomic E-state index is -4.59. The summed E-state index contributed by atoms with van der Waals surface area (Å²) in [5.74, 6) is 0.0724. The van der Waals surface area contributed by atoms with Crippen molar-refractivity contribution in [2.75, 3.05) is 24.7 Å². The minimum absolute atomic E-state index is 0.0362. The van der Waals surface area contributed by atoms with Crippen LogP contribution in [0.3, 0.4) is 0 Å². The summed E-state index contributed by atoms with van der Waals surface area (Å²) in [7, 11) is 2.45. The Hall–Kier alpha value is -3.09. The number of ether oxygens (including phenoxy) is 2. The molecular formula is C20H20B2F2N10O8P2. The molecule has 3 aliphatic rings. The molecule has 3 saturated heterocycles. The molecule has 7 rings (SSSR count). The second-order valence-corrected chi connectivity index (χ2v) is 13.1. The summed E-state index contributed by atoms with van der Waals surface area (Å²) in [5, 5.41) is 0. The van der Waals surface area contributed by atoms with Crippen LogP contribution >= 0.6 is 14.9 Å². The third-order valence-corrected chi connectivity index (χ3v) is 9.32. The van der Waals surface area contributed by atoms with Crippen LogP contribution in [0.4, 0.5) is 20.4 Å². The molecule has 4 aromatic heterocycles. The van der Waals surface area contributed by atoms with Crippen molar-refractivity contribution in [2.24, 2.45) is 0 Å². The standard InChI is InChI=1S/C20H20B2F2N10O8P2/c21-43(35)37-1-7-13(9(23)19(39-7)33-5-31-11-15(25)27-3-29-17(11)33)41-44(22,36)38-2-8-14(42-43)10(24)20(40-8)34-6-32-12-16(26)28-4-30-18(12)34/h3-10,13-14,19-20H,1-2H2,(H2,25,27,29)(H2,26,28,30). The molecule has 4 radical (unpaired) electrons. The quantitative estimate of drug-likeness (QED) is 0.224. The first-order valence-corrected chi connectivity index (χ1v) is 16.0. The topological polar surface area (TPSA) is 229 Å². The van der Waals surface area contributed by atoms with Crippen LogP contribution in [0.5, 0.6) is 0 Å². The van der Waals surface area contributed by atoms with E-state index in [9.17, 15) is 9.13 Å². The van der Waals surface area contributed by atoms with Crippen molar-refractivity contribution < 1.29 is 45.5 Å². The molecule has 0 spiro atoms. The highest BCUT2D eigenvalue weighted by molar-refractivity contribution is 7.79. The van der Waals surface area contributed by atoms with Gasteiger partial charge in [0.25, 0.3) is 14.9 Å². The van der Waals surface area contributed by atoms with Crippen LogP contribution in [0.1, 0.15) is 12.5 Å². The highest BCUT2D eigenvalue weighted by Crippen LogP contribution is 2.54. The van der Waals surface area contributed by atoms with E-state index in [2.05, 4.69) is 29.9 Å². The average molecular weight is 650 g/mol. The van der Waals surface area contributed by atoms with E-state index < -0.39 is 77.4 Å². The van der Waals surface area contributed by atoms with Gasteiger partial charge in [-0.05, 0) is 0 Å². The van der Waals surface area contributed by atoms with Gasteiger partial charge in [0.05, 0.1) is 25.9 Å². The molecule has 0 bridgehead atoms. The Labute approximate surface area is 247 Å². The Balaban J connectivity index is 1.17. The third-order valence-electron chi connectivity index (χ3n) is 7.23. The number of nitrogens with zero attached hydrogens (tertiary/aromatic N) is 8. The smallest absolute Gasteiger partial charge is 0.264 e. The van der Waals surface area contributed by atoms with Gasteiger partial charge in [-0.1, -0.05) is 0 Å². The van der Waals surface area contributed by atoms with Gasteiger partial charge in [-0.25, -0.2) is 38.7 Å². The maximum Gasteiger partial charge on any atom is 0.264 e. The molecule has 3 aliphatic heterocycles. The van der Waals surface area contributed by atoms with Crippen molar-refractivity contribution in [2.45, 2.75) is 49.2 Å². The highest BCUT2D eigenvalue weighted by atomic mass is 31.2. The molecule has 4 N–H and O–H groups in total. The van der Waals surface area contributed by atoms with Crippen molar-refractivity contribution in [3.8, 4) is 0 Å². The maximum atomic E-state index is 15.9. The number of alkyl halides is 2. The Kier molecular flexibility index (Phi) is 7.25. The van der Waals surface area contributed by atoms with E-state index in [0.29, 0.717) is 0 Å². The molecule has 44 heavy (non-hydrogen) atoms. The summed E-state index contributed by atoms with van der Waals surface area (Å²) < 4.78 is 93.7. The number of fused-ring (bicyclic) bond motifs is 4. The molecule has 10 unspecified atom stereocenters. The molecule has 24 heteroatoms. The van der Waals surface area contributed by atoms with Gasteiger partial charge >= 0.3 is 0 Å². The van der Waals surface area contributed by atoms with Gasteiger partial charge < -0.3 is 39.0 Å². The average Bonchev–Trinajstić information content (AvgIpc) is 3.73. The van der Waals surface area contributed by atoms with Crippen LogP contribution in [0.25, 0.3) is 22.3 Å². The van der Waals surface area contributed by atoms with Gasteiger partial charge in [-0.2, -0.15) is 0 Å². The fourth-order valence-electron chi connectivity index (χ4n) is 5.22. The summed E-state index contributed by atoms with van der Waals surface area (Å²) in [4.78, 5) is 23.9. The van der Waals surface area contributed by atoms with Crippen LogP contribution in [-0.4, -0.2) is 104 Å². The number of aromatic nitrogens is 8. The van der Waals surface area contributed by atoms with Crippen molar-refractivity contribution >= 4 is 64.0 Å². The zero-order valence-corrected chi connectivity index (χ0v) is 23.9. The van der Waals surface area contributed by atoms with E-state index in [1.165, 1.54) is 21.8 Å². The van der Waals surface area contributed by atoms with E-state index in [-0.39, 0.29) is 34.0 Å². The number of nitrogens with two attached hydrogens (primary N) is 2. The van der Waals surface area contributed by atoms with Crippen LogP contribution < -0.4 is 11.5 Å². The monoisotopic (exact) mass is 650 g/mol. The fourth-order valence-corrected chi connectivity index (χ4v) is 7.24. The van der Waals surface area contributed by atoms with Gasteiger partial charge in [-0.3, -0.25) is 18.3 Å². The molecule has 0 aliphatic carbocycles. The molecule has 3 fully saturated rings. The van der Waals surface area contributed by atoms with Crippen molar-refractivity contribution in [1.29, 1.82) is 0 Å². The lowest BCUT2D eigenvalue weighted by atomic mass is 10.1. The van der Waals surface area contributed by atoms with Crippen molar-refractivity contribution in [3.05, 3.63) is 25.3 Å². The van der Waals surface area contributed by atoms with Crippen LogP contribution in [-0.2, 0) is 36.7 Å². The molecule has 0 amide bonds. The number of hydrogen-bond donors (Lipinski definition) is 2. The number of halogens is 2. The summed E-state index contributed by atoms with van der Waals surface area (Å²) in [6.07, 6.45) is -8.62. The Morgan fingerprint density at radius 2 is 1.14 bits per heavy atom. The van der Waals surface area contributed by atoms with E-state index >= 15 is 8.78 Å². The lowest BCUT2D eigenvalue weighted by Crippen LogP contribution is -2.37. The van der Waals surface area contributed by atoms with E-state index in [4.69, 9.17) is 54.2 Å². The Morgan fingerprint density at radius 1 is 0.727 bits per heavy atom. The summed E-state index contributed by atoms with van der Waals surface area (Å²) >= 11 is 0. The number of nitrogen functional groups attached to an aromatic ring is 2. The molecule has 4 aromatic rings. The number of rotatable bonds is 2. The molecular weight excluding hydrogens is 630 g/mol. The van der Waals surface area contributed by atoms with Crippen molar-refractivity contribution in [3.63, 3.8) is 0 Å². The van der Waals surface area contributed by atoms with E-state index in [1.807, 2.05) is 0 Å². The second-order valence-electron chi connectivity index (χ2n) is 10.00. The fraction of sp³-hybridized carbons (Fsp3) is 0.500. The number of imidazole rings is 2. The van der Waals surface area contributed by atoms with Gasteiger partial charge in [0.15, 0.2) is 47.7 Å². The third kappa shape index (κ3) is 5.08. The van der Waals surface area contributed by atoms with Gasteiger partial charge in [0, 0.05) is 0 Å². The molecule has 7 heterocycles. The second kappa shape index (κ2) is 10.8. The first-order chi connectivity index (χ1) is 20.9. The number of anilines is 2. The summed E-state index contributed by atoms with van der Waals surface area (Å²) in [6, 6.07) is 0. The van der Waals surface area contributed by atoms with Gasteiger partial charge in [0.2, 0.25) is 15.1 Å². The largest absolute Gasteiger partial charge is 0.382 e. The van der Waals surface area contributed by atoms with Crippen LogP contribution in [0.2, 0.25) is 0 Å². The van der Waals surface area contributed by atoms with E-state index in [0.717, 1.165) is 12.7 Å². The van der Waals surface area contributed by atoms with Gasteiger partial charge in [-0.15, -0.1) is 0 Å². The summed E-state index contributed by atoms with van der Waals surface area (Å²) in [5.41, 5.74) is 12.2. The lowest BCUT2D eigenvalue weighted by molar-refractivity contribution is -0.0548. The van der Waals surface area contributed by atoms with Crippen molar-refractivity contribution in [1.82, 2.24) is 39.0 Å². The Bertz CT molecular complexity index is 1710. The highest BCUT2D eigenvalue weighted by Gasteiger charge is 2.53. The van der Waals surface area contributed by atoms with Crippen LogP contribution in [0, 0.1) is 0 Å². The predicted octanol–water partition coefficient (Wildman–Crippen LogP) is 0.672. The normalized spacial score (nSPS) is 38.2. The van der Waals surface area contributed by atoms with Crippen LogP contribution in [0.15, 0.2) is 25.3 Å². The Morgan fingerprint density at radius 3 is 1.55 bits per heavy atom. The zero-order chi connectivity index (χ0) is 31.0. The summed E-state index contributed by atoms with van der Waals surface area (Å²) in [6.45, 7) is -1.44.